The molecule has 7 heteroatoms. The highest BCUT2D eigenvalue weighted by Gasteiger charge is 2.21. The lowest BCUT2D eigenvalue weighted by Crippen LogP contribution is -2.32. The second kappa shape index (κ2) is 14.1. The van der Waals surface area contributed by atoms with E-state index in [1.165, 1.54) is 6.07 Å². The van der Waals surface area contributed by atoms with Crippen molar-refractivity contribution in [1.82, 2.24) is 0 Å². The molecule has 0 saturated carbocycles. The van der Waals surface area contributed by atoms with Crippen molar-refractivity contribution < 1.29 is 23.8 Å². The molecular formula is C34H35FN2O4. The molecule has 1 atom stereocenters. The van der Waals surface area contributed by atoms with Crippen LogP contribution in [0.2, 0.25) is 0 Å². The van der Waals surface area contributed by atoms with Crippen molar-refractivity contribution in [3.63, 3.8) is 0 Å². The van der Waals surface area contributed by atoms with Crippen LogP contribution in [0, 0.1) is 11.7 Å². The van der Waals surface area contributed by atoms with Gasteiger partial charge < -0.3 is 20.1 Å². The van der Waals surface area contributed by atoms with Gasteiger partial charge in [0, 0.05) is 29.8 Å². The predicted octanol–water partition coefficient (Wildman–Crippen LogP) is 6.71. The number of nitrogens with zero attached hydrogens (tertiary/aromatic N) is 1. The summed E-state index contributed by atoms with van der Waals surface area (Å²) in [5.74, 6) is -0.461. The number of anilines is 2. The minimum Gasteiger partial charge on any atom is -0.492 e. The van der Waals surface area contributed by atoms with Gasteiger partial charge in [-0.1, -0.05) is 80.6 Å². The summed E-state index contributed by atoms with van der Waals surface area (Å²) in [6.45, 7) is 5.77. The molecule has 212 valence electrons. The molecule has 0 aliphatic heterocycles. The molecule has 4 aromatic carbocycles. The summed E-state index contributed by atoms with van der Waals surface area (Å²) >= 11 is 0. The molecule has 0 aliphatic carbocycles. The molecular weight excluding hydrogens is 519 g/mol. The lowest BCUT2D eigenvalue weighted by Gasteiger charge is -2.27. The Bertz CT molecular complexity index is 1440. The highest BCUT2D eigenvalue weighted by Crippen LogP contribution is 2.23. The van der Waals surface area contributed by atoms with Gasteiger partial charge in [0.05, 0.1) is 12.2 Å². The SMILES string of the molecule is CC(C)CN(CCOc1ccc(C[C@H](Nc2ccccc2C(=O)c2ccccc2)C(=O)O)cc1)c1ccccc1F. The minimum absolute atomic E-state index is 0.179. The fraction of sp³-hybridized carbons (Fsp3) is 0.235. The van der Waals surface area contributed by atoms with Crippen molar-refractivity contribution in [2.24, 2.45) is 5.92 Å². The van der Waals surface area contributed by atoms with Gasteiger partial charge in [0.2, 0.25) is 0 Å². The number of hydrogen-bond acceptors (Lipinski definition) is 5. The Hall–Kier alpha value is -4.65. The van der Waals surface area contributed by atoms with Crippen LogP contribution >= 0.6 is 0 Å². The van der Waals surface area contributed by atoms with Crippen molar-refractivity contribution in [3.05, 3.63) is 126 Å². The molecule has 4 aromatic rings. The average molecular weight is 555 g/mol. The number of ketones is 1. The number of halogens is 1. The van der Waals surface area contributed by atoms with Gasteiger partial charge in [-0.2, -0.15) is 0 Å². The third-order valence-electron chi connectivity index (χ3n) is 6.61. The molecule has 0 heterocycles. The summed E-state index contributed by atoms with van der Waals surface area (Å²) in [7, 11) is 0. The van der Waals surface area contributed by atoms with Crippen LogP contribution in [0.1, 0.15) is 35.3 Å². The average Bonchev–Trinajstić information content (AvgIpc) is 2.97. The number of benzene rings is 4. The Labute approximate surface area is 240 Å². The van der Waals surface area contributed by atoms with Gasteiger partial charge in [-0.05, 0) is 47.9 Å². The largest absolute Gasteiger partial charge is 0.492 e. The molecule has 2 N–H and O–H groups in total. The maximum atomic E-state index is 14.4. The van der Waals surface area contributed by atoms with Gasteiger partial charge in [-0.3, -0.25) is 4.79 Å². The number of rotatable bonds is 14. The molecule has 0 aromatic heterocycles. The number of hydrogen-bond donors (Lipinski definition) is 2. The van der Waals surface area contributed by atoms with Crippen molar-refractivity contribution in [2.75, 3.05) is 29.9 Å². The van der Waals surface area contributed by atoms with Gasteiger partial charge in [0.1, 0.15) is 24.2 Å². The van der Waals surface area contributed by atoms with Crippen LogP contribution in [0.5, 0.6) is 5.75 Å². The van der Waals surface area contributed by atoms with Crippen LogP contribution in [0.4, 0.5) is 15.8 Å². The van der Waals surface area contributed by atoms with Crippen molar-refractivity contribution >= 4 is 23.1 Å². The van der Waals surface area contributed by atoms with Crippen LogP contribution in [-0.2, 0) is 11.2 Å². The minimum atomic E-state index is -1.02. The van der Waals surface area contributed by atoms with Crippen LogP contribution < -0.4 is 15.0 Å². The number of carboxylic acid groups (broad SMARTS) is 1. The first-order chi connectivity index (χ1) is 19.8. The van der Waals surface area contributed by atoms with E-state index in [4.69, 9.17) is 4.74 Å². The number of ether oxygens (including phenoxy) is 1. The van der Waals surface area contributed by atoms with E-state index in [1.807, 2.05) is 29.2 Å². The van der Waals surface area contributed by atoms with Crippen molar-refractivity contribution in [3.8, 4) is 5.75 Å². The zero-order valence-electron chi connectivity index (χ0n) is 23.3. The van der Waals surface area contributed by atoms with Crippen LogP contribution in [0.25, 0.3) is 0 Å². The quantitative estimate of drug-likeness (QED) is 0.169. The lowest BCUT2D eigenvalue weighted by atomic mass is 10.00. The first-order valence-corrected chi connectivity index (χ1v) is 13.7. The maximum absolute atomic E-state index is 14.4. The Morgan fingerprint density at radius 2 is 1.54 bits per heavy atom. The summed E-state index contributed by atoms with van der Waals surface area (Å²) in [5, 5.41) is 13.0. The van der Waals surface area contributed by atoms with Crippen LogP contribution in [0.15, 0.2) is 103 Å². The number of aliphatic carboxylic acids is 1. The van der Waals surface area contributed by atoms with E-state index in [1.54, 1.807) is 72.8 Å². The molecule has 0 unspecified atom stereocenters. The highest BCUT2D eigenvalue weighted by molar-refractivity contribution is 6.12. The molecule has 0 fully saturated rings. The monoisotopic (exact) mass is 554 g/mol. The first-order valence-electron chi connectivity index (χ1n) is 13.7. The fourth-order valence-electron chi connectivity index (χ4n) is 4.63. The predicted molar refractivity (Wildman–Crippen MR) is 160 cm³/mol. The van der Waals surface area contributed by atoms with E-state index in [9.17, 15) is 19.1 Å². The molecule has 0 bridgehead atoms. The summed E-state index contributed by atoms with van der Waals surface area (Å²) < 4.78 is 20.3. The summed E-state index contributed by atoms with van der Waals surface area (Å²) in [6.07, 6.45) is 0.207. The zero-order chi connectivity index (χ0) is 29.2. The molecule has 0 aliphatic rings. The molecule has 0 amide bonds. The normalized spacial score (nSPS) is 11.6. The van der Waals surface area contributed by atoms with E-state index in [2.05, 4.69) is 19.2 Å². The molecule has 0 saturated heterocycles. The third kappa shape index (κ3) is 8.18. The van der Waals surface area contributed by atoms with Crippen LogP contribution in [0.3, 0.4) is 0 Å². The summed E-state index contributed by atoms with van der Waals surface area (Å²) in [5.41, 5.74) is 2.77. The number of carbonyl (C=O) groups is 2. The molecule has 0 spiro atoms. The molecule has 6 nitrogen and oxygen atoms in total. The fourth-order valence-corrected chi connectivity index (χ4v) is 4.63. The van der Waals surface area contributed by atoms with Gasteiger partial charge >= 0.3 is 5.97 Å². The standard InChI is InChI=1S/C34H35FN2O4/c1-24(2)23-37(32-15-9-7-13-29(32)35)20-21-41-27-18-16-25(17-19-27)22-31(34(39)40)36-30-14-8-6-12-28(30)33(38)26-10-4-3-5-11-26/h3-19,24,31,36H,20-23H2,1-2H3,(H,39,40)/t31-/m0/s1. The van der Waals surface area contributed by atoms with Gasteiger partial charge in [0.25, 0.3) is 0 Å². The number of para-hydroxylation sites is 2. The second-order valence-corrected chi connectivity index (χ2v) is 10.3. The lowest BCUT2D eigenvalue weighted by molar-refractivity contribution is -0.137. The Morgan fingerprint density at radius 1 is 0.878 bits per heavy atom. The summed E-state index contributed by atoms with van der Waals surface area (Å²) in [6, 6.07) is 28.9. The molecule has 0 radical (unpaired) electrons. The zero-order valence-corrected chi connectivity index (χ0v) is 23.3. The Morgan fingerprint density at radius 3 is 2.22 bits per heavy atom. The topological polar surface area (TPSA) is 78.9 Å². The number of carboxylic acids is 1. The first kappa shape index (κ1) is 29.3. The van der Waals surface area contributed by atoms with E-state index in [0.29, 0.717) is 53.9 Å². The second-order valence-electron chi connectivity index (χ2n) is 10.3. The van der Waals surface area contributed by atoms with Crippen LogP contribution in [-0.4, -0.2) is 42.6 Å². The Kier molecular flexibility index (Phi) is 10.1. The summed E-state index contributed by atoms with van der Waals surface area (Å²) in [4.78, 5) is 27.2. The maximum Gasteiger partial charge on any atom is 0.326 e. The van der Waals surface area contributed by atoms with Gasteiger partial charge in [-0.25, -0.2) is 9.18 Å². The van der Waals surface area contributed by atoms with Crippen molar-refractivity contribution in [1.29, 1.82) is 0 Å². The smallest absolute Gasteiger partial charge is 0.326 e. The van der Waals surface area contributed by atoms with Gasteiger partial charge in [0.15, 0.2) is 5.78 Å². The highest BCUT2D eigenvalue weighted by atomic mass is 19.1. The third-order valence-corrected chi connectivity index (χ3v) is 6.61. The van der Waals surface area contributed by atoms with Gasteiger partial charge in [-0.15, -0.1) is 0 Å². The van der Waals surface area contributed by atoms with Crippen molar-refractivity contribution in [2.45, 2.75) is 26.3 Å². The number of carbonyl (C=O) groups excluding carboxylic acids is 1. The van der Waals surface area contributed by atoms with E-state index < -0.39 is 12.0 Å². The molecule has 41 heavy (non-hydrogen) atoms. The van der Waals surface area contributed by atoms with E-state index >= 15 is 0 Å². The van der Waals surface area contributed by atoms with E-state index in [0.717, 1.165) is 5.56 Å². The molecule has 4 rings (SSSR count). The Balaban J connectivity index is 1.38. The number of nitrogens with one attached hydrogen (secondary N) is 1. The van der Waals surface area contributed by atoms with E-state index in [-0.39, 0.29) is 18.0 Å².